The van der Waals surface area contributed by atoms with Crippen molar-refractivity contribution in [3.05, 3.63) is 125 Å². The minimum absolute atomic E-state index is 0.314. The second-order valence-electron chi connectivity index (χ2n) is 8.48. The molecule has 4 aromatic carbocycles. The van der Waals surface area contributed by atoms with E-state index in [1.165, 1.54) is 0 Å². The molecule has 0 aliphatic heterocycles. The third-order valence-corrected chi connectivity index (χ3v) is 8.01. The van der Waals surface area contributed by atoms with Crippen LogP contribution in [0.25, 0.3) is 22.2 Å². The summed E-state index contributed by atoms with van der Waals surface area (Å²) in [5, 5.41) is 6.13. The normalized spacial score (nSPS) is 11.2. The van der Waals surface area contributed by atoms with Crippen LogP contribution in [0.2, 0.25) is 10.0 Å². The van der Waals surface area contributed by atoms with E-state index in [-0.39, 0.29) is 5.91 Å². The molecule has 5 aromatic rings. The van der Waals surface area contributed by atoms with Gasteiger partial charge in [0.1, 0.15) is 12.4 Å². The number of hydrogen-bond donors (Lipinski definition) is 1. The maximum atomic E-state index is 13.2. The first-order valence-corrected chi connectivity index (χ1v) is 14.6. The molecule has 1 N–H and O–H groups in total. The lowest BCUT2D eigenvalue weighted by Gasteiger charge is -2.12. The first kappa shape index (κ1) is 27.8. The van der Waals surface area contributed by atoms with Crippen molar-refractivity contribution < 1.29 is 9.53 Å². The van der Waals surface area contributed by atoms with Crippen LogP contribution in [-0.2, 0) is 6.61 Å². The van der Waals surface area contributed by atoms with Crippen molar-refractivity contribution in [2.45, 2.75) is 6.61 Å². The van der Waals surface area contributed by atoms with Gasteiger partial charge in [-0.05, 0) is 87.1 Å². The largest absolute Gasteiger partial charge is 0.487 e. The Morgan fingerprint density at radius 1 is 0.923 bits per heavy atom. The molecule has 0 aliphatic rings. The molecular weight excluding hydrogens is 759 g/mol. The molecule has 5 rings (SSSR count). The monoisotopic (exact) mass is 777 g/mol. The molecular formula is C30H19Cl2I2N3O2. The number of pyridine rings is 1. The molecule has 9 heteroatoms. The van der Waals surface area contributed by atoms with Crippen LogP contribution >= 0.6 is 68.4 Å². The molecule has 0 saturated carbocycles. The standard InChI is InChI=1S/C30H19Cl2I2N3O2/c31-21-11-10-20(24(32)14-21)17-39-29-25(33)12-18(13-26(29)34)16-35-37-30(38)23-15-28(19-6-2-1-3-7-19)36-27-9-5-4-8-22(23)27/h1-16H,17H2,(H,37,38)/b35-16+. The van der Waals surface area contributed by atoms with Crippen LogP contribution in [0.3, 0.4) is 0 Å². The highest BCUT2D eigenvalue weighted by atomic mass is 127. The Bertz CT molecular complexity index is 1690. The predicted octanol–water partition coefficient (Wildman–Crippen LogP) is 8.76. The number of amides is 1. The Hall–Kier alpha value is -2.73. The number of hydrazone groups is 1. The SMILES string of the molecule is O=C(N/N=C/c1cc(I)c(OCc2ccc(Cl)cc2Cl)c(I)c1)c1cc(-c2ccccc2)nc2ccccc12. The number of halogens is 4. The van der Waals surface area contributed by atoms with E-state index in [0.29, 0.717) is 22.2 Å². The molecule has 5 nitrogen and oxygen atoms in total. The summed E-state index contributed by atoms with van der Waals surface area (Å²) in [6.07, 6.45) is 1.61. The molecule has 1 amide bonds. The van der Waals surface area contributed by atoms with Crippen LogP contribution in [-0.4, -0.2) is 17.1 Å². The molecule has 1 heterocycles. The number of benzene rings is 4. The minimum atomic E-state index is -0.314. The third kappa shape index (κ3) is 6.71. The fourth-order valence-corrected chi connectivity index (χ4v) is 6.52. The van der Waals surface area contributed by atoms with Gasteiger partial charge in [0.05, 0.1) is 30.1 Å². The fraction of sp³-hybridized carbons (Fsp3) is 0.0333. The molecule has 0 radical (unpaired) electrons. The smallest absolute Gasteiger partial charge is 0.272 e. The number of carbonyl (C=O) groups excluding carboxylic acids is 1. The Labute approximate surface area is 262 Å². The van der Waals surface area contributed by atoms with Crippen LogP contribution < -0.4 is 10.2 Å². The summed E-state index contributed by atoms with van der Waals surface area (Å²) in [5.74, 6) is 0.436. The molecule has 0 fully saturated rings. The highest BCUT2D eigenvalue weighted by molar-refractivity contribution is 14.1. The summed E-state index contributed by atoms with van der Waals surface area (Å²) < 4.78 is 7.87. The van der Waals surface area contributed by atoms with Gasteiger partial charge in [0.2, 0.25) is 0 Å². The number of fused-ring (bicyclic) bond motifs is 1. The second-order valence-corrected chi connectivity index (χ2v) is 11.6. The van der Waals surface area contributed by atoms with Gasteiger partial charge in [0.15, 0.2) is 0 Å². The number of nitrogens with zero attached hydrogens (tertiary/aromatic N) is 2. The molecule has 0 saturated heterocycles. The number of para-hydroxylation sites is 1. The Morgan fingerprint density at radius 2 is 1.64 bits per heavy atom. The van der Waals surface area contributed by atoms with Gasteiger partial charge in [-0.1, -0.05) is 77.8 Å². The van der Waals surface area contributed by atoms with Crippen molar-refractivity contribution in [2.75, 3.05) is 0 Å². The molecule has 0 bridgehead atoms. The third-order valence-electron chi connectivity index (χ3n) is 5.82. The maximum Gasteiger partial charge on any atom is 0.272 e. The lowest BCUT2D eigenvalue weighted by molar-refractivity contribution is 0.0956. The van der Waals surface area contributed by atoms with Crippen LogP contribution in [0, 0.1) is 7.14 Å². The lowest BCUT2D eigenvalue weighted by Crippen LogP contribution is -2.18. The highest BCUT2D eigenvalue weighted by Crippen LogP contribution is 2.31. The van der Waals surface area contributed by atoms with Gasteiger partial charge < -0.3 is 4.74 Å². The topological polar surface area (TPSA) is 63.6 Å². The molecule has 0 spiro atoms. The zero-order valence-electron chi connectivity index (χ0n) is 20.2. The number of hydrogen-bond acceptors (Lipinski definition) is 4. The number of carbonyl (C=O) groups is 1. The summed E-state index contributed by atoms with van der Waals surface area (Å²) in [4.78, 5) is 17.9. The molecule has 0 aliphatic carbocycles. The van der Waals surface area contributed by atoms with Gasteiger partial charge in [-0.15, -0.1) is 0 Å². The van der Waals surface area contributed by atoms with E-state index < -0.39 is 0 Å². The van der Waals surface area contributed by atoms with Crippen molar-refractivity contribution in [1.82, 2.24) is 10.4 Å². The van der Waals surface area contributed by atoms with Crippen LogP contribution in [0.4, 0.5) is 0 Å². The van der Waals surface area contributed by atoms with E-state index in [4.69, 9.17) is 32.9 Å². The van der Waals surface area contributed by atoms with Crippen LogP contribution in [0.1, 0.15) is 21.5 Å². The molecule has 0 atom stereocenters. The van der Waals surface area contributed by atoms with E-state index >= 15 is 0 Å². The van der Waals surface area contributed by atoms with Crippen LogP contribution in [0.5, 0.6) is 5.75 Å². The number of ether oxygens (including phenoxy) is 1. The van der Waals surface area contributed by atoms with Gasteiger partial charge in [-0.2, -0.15) is 5.10 Å². The Morgan fingerprint density at radius 3 is 2.38 bits per heavy atom. The van der Waals surface area contributed by atoms with Gasteiger partial charge in [0.25, 0.3) is 5.91 Å². The zero-order chi connectivity index (χ0) is 27.4. The highest BCUT2D eigenvalue weighted by Gasteiger charge is 2.14. The van der Waals surface area contributed by atoms with Crippen molar-refractivity contribution in [3.8, 4) is 17.0 Å². The zero-order valence-corrected chi connectivity index (χ0v) is 26.0. The van der Waals surface area contributed by atoms with Crippen LogP contribution in [0.15, 0.2) is 96.1 Å². The average molecular weight is 778 g/mol. The molecule has 39 heavy (non-hydrogen) atoms. The summed E-state index contributed by atoms with van der Waals surface area (Å²) >= 11 is 16.7. The average Bonchev–Trinajstić information content (AvgIpc) is 2.93. The minimum Gasteiger partial charge on any atom is -0.487 e. The fourth-order valence-electron chi connectivity index (χ4n) is 3.93. The molecule has 194 valence electrons. The number of rotatable bonds is 7. The second kappa shape index (κ2) is 12.6. The van der Waals surface area contributed by atoms with Gasteiger partial charge in [-0.25, -0.2) is 10.4 Å². The van der Waals surface area contributed by atoms with Gasteiger partial charge in [-0.3, -0.25) is 4.79 Å². The summed E-state index contributed by atoms with van der Waals surface area (Å²) in [5.41, 5.74) is 7.25. The summed E-state index contributed by atoms with van der Waals surface area (Å²) in [6, 6.07) is 28.4. The first-order chi connectivity index (χ1) is 18.9. The quantitative estimate of drug-likeness (QED) is 0.102. The Balaban J connectivity index is 1.33. The predicted molar refractivity (Wildman–Crippen MR) is 175 cm³/mol. The Kier molecular flexibility index (Phi) is 9.01. The van der Waals surface area contributed by atoms with E-state index in [2.05, 4.69) is 55.7 Å². The van der Waals surface area contributed by atoms with Crippen molar-refractivity contribution in [2.24, 2.45) is 5.10 Å². The van der Waals surface area contributed by atoms with Crippen molar-refractivity contribution >= 4 is 91.4 Å². The van der Waals surface area contributed by atoms with Crippen molar-refractivity contribution in [3.63, 3.8) is 0 Å². The van der Waals surface area contributed by atoms with E-state index in [1.54, 1.807) is 24.4 Å². The first-order valence-electron chi connectivity index (χ1n) is 11.7. The summed E-state index contributed by atoms with van der Waals surface area (Å²) in [7, 11) is 0. The van der Waals surface area contributed by atoms with E-state index in [9.17, 15) is 4.79 Å². The van der Waals surface area contributed by atoms with E-state index in [0.717, 1.165) is 46.2 Å². The van der Waals surface area contributed by atoms with Gasteiger partial charge >= 0.3 is 0 Å². The van der Waals surface area contributed by atoms with Crippen molar-refractivity contribution in [1.29, 1.82) is 0 Å². The summed E-state index contributed by atoms with van der Waals surface area (Å²) in [6.45, 7) is 0.316. The molecule has 1 aromatic heterocycles. The van der Waals surface area contributed by atoms with E-state index in [1.807, 2.05) is 72.8 Å². The molecule has 0 unspecified atom stereocenters. The lowest BCUT2D eigenvalue weighted by atomic mass is 10.0. The maximum absolute atomic E-state index is 13.2. The number of aromatic nitrogens is 1. The van der Waals surface area contributed by atoms with Gasteiger partial charge in [0, 0.05) is 26.6 Å². The number of nitrogens with one attached hydrogen (secondary N) is 1.